The van der Waals surface area contributed by atoms with Crippen molar-refractivity contribution in [1.29, 1.82) is 0 Å². The Morgan fingerprint density at radius 2 is 2.11 bits per heavy atom. The highest BCUT2D eigenvalue weighted by molar-refractivity contribution is 5.69. The van der Waals surface area contributed by atoms with E-state index in [2.05, 4.69) is 0 Å². The topological polar surface area (TPSA) is 69.4 Å². The number of hydrogen-bond donors (Lipinski definition) is 0. The average molecular weight is 263 g/mol. The predicted molar refractivity (Wildman–Crippen MR) is 69.5 cm³/mol. The van der Waals surface area contributed by atoms with E-state index in [0.29, 0.717) is 17.9 Å². The third-order valence-electron chi connectivity index (χ3n) is 3.45. The molecule has 19 heavy (non-hydrogen) atoms. The van der Waals surface area contributed by atoms with Crippen LogP contribution in [0, 0.1) is 16.0 Å². The second-order valence-electron chi connectivity index (χ2n) is 4.94. The van der Waals surface area contributed by atoms with Crippen LogP contribution in [-0.4, -0.2) is 10.9 Å². The second kappa shape index (κ2) is 6.31. The number of nitro benzene ring substituents is 1. The van der Waals surface area contributed by atoms with Gasteiger partial charge in [-0.05, 0) is 24.3 Å². The van der Waals surface area contributed by atoms with Gasteiger partial charge in [0, 0.05) is 18.6 Å². The highest BCUT2D eigenvalue weighted by atomic mass is 16.6. The minimum absolute atomic E-state index is 0.0179. The van der Waals surface area contributed by atoms with Crippen molar-refractivity contribution in [1.82, 2.24) is 0 Å². The molecular weight excluding hydrogens is 246 g/mol. The van der Waals surface area contributed by atoms with E-state index in [4.69, 9.17) is 4.74 Å². The van der Waals surface area contributed by atoms with E-state index in [1.807, 2.05) is 0 Å². The number of nitro groups is 1. The summed E-state index contributed by atoms with van der Waals surface area (Å²) in [6, 6.07) is 6.17. The molecule has 0 spiro atoms. The molecule has 1 aliphatic carbocycles. The maximum Gasteiger partial charge on any atom is 0.306 e. The molecule has 0 saturated heterocycles. The minimum Gasteiger partial charge on any atom is -0.461 e. The quantitative estimate of drug-likeness (QED) is 0.464. The van der Waals surface area contributed by atoms with Crippen LogP contribution in [0.15, 0.2) is 24.3 Å². The van der Waals surface area contributed by atoms with Crippen LogP contribution >= 0.6 is 0 Å². The predicted octanol–water partition coefficient (Wildman–Crippen LogP) is 3.22. The summed E-state index contributed by atoms with van der Waals surface area (Å²) in [5.74, 6) is 0.246. The van der Waals surface area contributed by atoms with Crippen molar-refractivity contribution in [3.8, 4) is 0 Å². The number of esters is 1. The molecule has 102 valence electrons. The van der Waals surface area contributed by atoms with Crippen LogP contribution in [0.1, 0.15) is 37.7 Å². The number of carbonyl (C=O) groups is 1. The molecule has 1 aromatic rings. The molecule has 0 aromatic heterocycles. The molecule has 0 amide bonds. The van der Waals surface area contributed by atoms with Gasteiger partial charge in [0.05, 0.1) is 4.92 Å². The maximum absolute atomic E-state index is 11.6. The second-order valence-corrected chi connectivity index (χ2v) is 4.94. The van der Waals surface area contributed by atoms with Crippen LogP contribution in [-0.2, 0) is 16.1 Å². The Kier molecular flexibility index (Phi) is 4.49. The fourth-order valence-electron chi connectivity index (χ4n) is 2.43. The van der Waals surface area contributed by atoms with E-state index in [9.17, 15) is 14.9 Å². The van der Waals surface area contributed by atoms with Gasteiger partial charge in [-0.15, -0.1) is 0 Å². The SMILES string of the molecule is O=C(CC1CCCC1)OCc1cccc([N+](=O)[O-])c1. The van der Waals surface area contributed by atoms with Gasteiger partial charge < -0.3 is 4.74 Å². The molecule has 0 unspecified atom stereocenters. The average Bonchev–Trinajstić information content (AvgIpc) is 2.89. The van der Waals surface area contributed by atoms with E-state index >= 15 is 0 Å². The zero-order valence-electron chi connectivity index (χ0n) is 10.7. The zero-order valence-corrected chi connectivity index (χ0v) is 10.7. The van der Waals surface area contributed by atoms with Crippen LogP contribution in [0.5, 0.6) is 0 Å². The van der Waals surface area contributed by atoms with Gasteiger partial charge in [-0.1, -0.05) is 25.0 Å². The molecule has 1 fully saturated rings. The molecule has 0 N–H and O–H groups in total. The number of rotatable bonds is 5. The van der Waals surface area contributed by atoms with Crippen LogP contribution in [0.25, 0.3) is 0 Å². The molecule has 5 heteroatoms. The summed E-state index contributed by atoms with van der Waals surface area (Å²) in [6.07, 6.45) is 5.07. The number of benzene rings is 1. The number of ether oxygens (including phenoxy) is 1. The first kappa shape index (κ1) is 13.5. The summed E-state index contributed by atoms with van der Waals surface area (Å²) in [5.41, 5.74) is 0.665. The van der Waals surface area contributed by atoms with E-state index < -0.39 is 4.92 Å². The summed E-state index contributed by atoms with van der Waals surface area (Å²) in [6.45, 7) is 0.104. The van der Waals surface area contributed by atoms with E-state index in [-0.39, 0.29) is 18.3 Å². The van der Waals surface area contributed by atoms with Crippen molar-refractivity contribution < 1.29 is 14.5 Å². The molecule has 0 bridgehead atoms. The van der Waals surface area contributed by atoms with E-state index in [1.165, 1.54) is 25.0 Å². The van der Waals surface area contributed by atoms with Crippen molar-refractivity contribution >= 4 is 11.7 Å². The van der Waals surface area contributed by atoms with Gasteiger partial charge >= 0.3 is 5.97 Å². The molecular formula is C14H17NO4. The summed E-state index contributed by atoms with van der Waals surface area (Å²) in [4.78, 5) is 21.8. The van der Waals surface area contributed by atoms with Crippen molar-refractivity contribution in [2.75, 3.05) is 0 Å². The third kappa shape index (κ3) is 4.05. The van der Waals surface area contributed by atoms with Crippen molar-refractivity contribution in [2.45, 2.75) is 38.7 Å². The smallest absolute Gasteiger partial charge is 0.306 e. The van der Waals surface area contributed by atoms with E-state index in [1.54, 1.807) is 12.1 Å². The van der Waals surface area contributed by atoms with Gasteiger partial charge in [0.1, 0.15) is 6.61 Å². The van der Waals surface area contributed by atoms with E-state index in [0.717, 1.165) is 12.8 Å². The Hall–Kier alpha value is -1.91. The lowest BCUT2D eigenvalue weighted by atomic mass is 10.0. The molecule has 0 atom stereocenters. The molecule has 0 aliphatic heterocycles. The first-order chi connectivity index (χ1) is 9.15. The van der Waals surface area contributed by atoms with Crippen LogP contribution in [0.2, 0.25) is 0 Å². The molecule has 1 aromatic carbocycles. The molecule has 1 saturated carbocycles. The van der Waals surface area contributed by atoms with Crippen molar-refractivity contribution in [3.63, 3.8) is 0 Å². The summed E-state index contributed by atoms with van der Waals surface area (Å²) in [5, 5.41) is 10.6. The monoisotopic (exact) mass is 263 g/mol. The van der Waals surface area contributed by atoms with Gasteiger partial charge in [0.2, 0.25) is 0 Å². The summed E-state index contributed by atoms with van der Waals surface area (Å²) >= 11 is 0. The first-order valence-corrected chi connectivity index (χ1v) is 6.54. The van der Waals surface area contributed by atoms with Crippen molar-refractivity contribution in [3.05, 3.63) is 39.9 Å². The maximum atomic E-state index is 11.6. The van der Waals surface area contributed by atoms with Crippen LogP contribution in [0.3, 0.4) is 0 Å². The molecule has 0 heterocycles. The first-order valence-electron chi connectivity index (χ1n) is 6.54. The lowest BCUT2D eigenvalue weighted by molar-refractivity contribution is -0.384. The highest BCUT2D eigenvalue weighted by Gasteiger charge is 2.19. The zero-order chi connectivity index (χ0) is 13.7. The molecule has 0 radical (unpaired) electrons. The summed E-state index contributed by atoms with van der Waals surface area (Å²) in [7, 11) is 0. The Morgan fingerprint density at radius 1 is 1.37 bits per heavy atom. The Morgan fingerprint density at radius 3 is 2.79 bits per heavy atom. The van der Waals surface area contributed by atoms with Crippen LogP contribution in [0.4, 0.5) is 5.69 Å². The molecule has 1 aliphatic rings. The Balaban J connectivity index is 1.82. The molecule has 5 nitrogen and oxygen atoms in total. The molecule has 2 rings (SSSR count). The lowest BCUT2D eigenvalue weighted by Crippen LogP contribution is -2.09. The number of carbonyl (C=O) groups excluding carboxylic acids is 1. The highest BCUT2D eigenvalue weighted by Crippen LogP contribution is 2.27. The van der Waals surface area contributed by atoms with Gasteiger partial charge in [0.25, 0.3) is 5.69 Å². The number of hydrogen-bond acceptors (Lipinski definition) is 4. The lowest BCUT2D eigenvalue weighted by Gasteiger charge is -2.09. The standard InChI is InChI=1S/C14H17NO4/c16-14(9-11-4-1-2-5-11)19-10-12-6-3-7-13(8-12)15(17)18/h3,6-8,11H,1-2,4-5,9-10H2. The van der Waals surface area contributed by atoms with Crippen molar-refractivity contribution in [2.24, 2.45) is 5.92 Å². The van der Waals surface area contributed by atoms with Crippen LogP contribution < -0.4 is 0 Å². The third-order valence-corrected chi connectivity index (χ3v) is 3.45. The Bertz CT molecular complexity index is 466. The minimum atomic E-state index is -0.455. The van der Waals surface area contributed by atoms with Gasteiger partial charge in [0.15, 0.2) is 0 Å². The van der Waals surface area contributed by atoms with Gasteiger partial charge in [-0.3, -0.25) is 14.9 Å². The summed E-state index contributed by atoms with van der Waals surface area (Å²) < 4.78 is 5.16. The van der Waals surface area contributed by atoms with Gasteiger partial charge in [-0.2, -0.15) is 0 Å². The Labute approximate surface area is 111 Å². The fraction of sp³-hybridized carbons (Fsp3) is 0.500. The fourth-order valence-corrected chi connectivity index (χ4v) is 2.43. The number of non-ortho nitro benzene ring substituents is 1. The normalized spacial score (nSPS) is 15.4. The van der Waals surface area contributed by atoms with Gasteiger partial charge in [-0.25, -0.2) is 0 Å². The largest absolute Gasteiger partial charge is 0.461 e. The number of nitrogens with zero attached hydrogens (tertiary/aromatic N) is 1.